The zero-order chi connectivity index (χ0) is 15.7. The van der Waals surface area contributed by atoms with Crippen LogP contribution in [0.1, 0.15) is 42.4 Å². The molecule has 0 saturated heterocycles. The van der Waals surface area contributed by atoms with E-state index in [0.29, 0.717) is 17.7 Å². The lowest BCUT2D eigenvalue weighted by Crippen LogP contribution is -2.45. The zero-order valence-electron chi connectivity index (χ0n) is 13.6. The van der Waals surface area contributed by atoms with E-state index in [2.05, 4.69) is 37.6 Å². The number of carbonyl (C=O) groups is 1. The Morgan fingerprint density at radius 1 is 1.27 bits per heavy atom. The number of thioether (sulfide) groups is 1. The van der Waals surface area contributed by atoms with Crippen molar-refractivity contribution in [3.05, 3.63) is 28.8 Å². The molecule has 3 rings (SSSR count). The lowest BCUT2D eigenvalue weighted by Gasteiger charge is -2.29. The maximum Gasteiger partial charge on any atom is 0.261 e. The van der Waals surface area contributed by atoms with Crippen molar-refractivity contribution < 1.29 is 9.53 Å². The van der Waals surface area contributed by atoms with Gasteiger partial charge in [-0.1, -0.05) is 12.5 Å². The van der Waals surface area contributed by atoms with E-state index in [1.807, 2.05) is 11.8 Å². The molecule has 1 aromatic carbocycles. The molecule has 0 bridgehead atoms. The van der Waals surface area contributed by atoms with Gasteiger partial charge in [0, 0.05) is 17.7 Å². The van der Waals surface area contributed by atoms with Crippen LogP contribution in [0.15, 0.2) is 12.1 Å². The normalized spacial score (nSPS) is 27.1. The summed E-state index contributed by atoms with van der Waals surface area (Å²) in [7, 11) is 0. The zero-order valence-corrected chi connectivity index (χ0v) is 14.5. The molecule has 1 heterocycles. The Bertz CT molecular complexity index is 541. The molecule has 1 saturated carbocycles. The topological polar surface area (TPSA) is 38.3 Å². The van der Waals surface area contributed by atoms with E-state index in [0.717, 1.165) is 24.2 Å². The van der Waals surface area contributed by atoms with Crippen molar-refractivity contribution in [2.45, 2.75) is 63.3 Å². The first kappa shape index (κ1) is 15.7. The second-order valence-electron chi connectivity index (χ2n) is 6.58. The van der Waals surface area contributed by atoms with Crippen molar-refractivity contribution in [3.63, 3.8) is 0 Å². The minimum Gasteiger partial charge on any atom is -0.480 e. The summed E-state index contributed by atoms with van der Waals surface area (Å²) in [5.74, 6) is 0.937. The molecule has 2 aliphatic rings. The highest BCUT2D eigenvalue weighted by Crippen LogP contribution is 2.32. The second kappa shape index (κ2) is 6.53. The monoisotopic (exact) mass is 319 g/mol. The van der Waals surface area contributed by atoms with Gasteiger partial charge in [-0.15, -0.1) is 0 Å². The molecular weight excluding hydrogens is 294 g/mol. The molecule has 4 heteroatoms. The second-order valence-corrected chi connectivity index (χ2v) is 7.72. The Labute approximate surface area is 137 Å². The van der Waals surface area contributed by atoms with Gasteiger partial charge in [0.2, 0.25) is 0 Å². The van der Waals surface area contributed by atoms with Gasteiger partial charge in [-0.05, 0) is 62.1 Å². The van der Waals surface area contributed by atoms with Gasteiger partial charge in [-0.25, -0.2) is 0 Å². The third kappa shape index (κ3) is 3.27. The van der Waals surface area contributed by atoms with Crippen molar-refractivity contribution in [2.24, 2.45) is 0 Å². The standard InChI is InChI=1S/C18H25NO2S/c1-11-7-13-9-17(21-16(13)8-12(11)2)18(20)19-14-5-4-6-15(10-14)22-3/h7-8,14-15,17H,4-6,9-10H2,1-3H3,(H,19,20)/t14-,15-,17-/m1/s1. The summed E-state index contributed by atoms with van der Waals surface area (Å²) in [5, 5.41) is 3.90. The van der Waals surface area contributed by atoms with Crippen molar-refractivity contribution in [1.29, 1.82) is 0 Å². The lowest BCUT2D eigenvalue weighted by atomic mass is 9.94. The fourth-order valence-electron chi connectivity index (χ4n) is 3.44. The van der Waals surface area contributed by atoms with Crippen LogP contribution in [0.2, 0.25) is 0 Å². The first-order valence-electron chi connectivity index (χ1n) is 8.16. The molecule has 0 aromatic heterocycles. The highest BCUT2D eigenvalue weighted by molar-refractivity contribution is 7.99. The molecule has 3 atom stereocenters. The third-order valence-corrected chi connectivity index (χ3v) is 6.04. The predicted octanol–water partition coefficient (Wildman–Crippen LogP) is 3.40. The van der Waals surface area contributed by atoms with Gasteiger partial charge in [0.15, 0.2) is 6.10 Å². The molecule has 1 aliphatic carbocycles. The number of benzene rings is 1. The van der Waals surface area contributed by atoms with Gasteiger partial charge in [0.25, 0.3) is 5.91 Å². The van der Waals surface area contributed by atoms with E-state index in [9.17, 15) is 4.79 Å². The van der Waals surface area contributed by atoms with E-state index in [1.165, 1.54) is 24.0 Å². The van der Waals surface area contributed by atoms with Crippen LogP contribution in [0.5, 0.6) is 5.75 Å². The molecule has 1 amide bonds. The quantitative estimate of drug-likeness (QED) is 0.928. The summed E-state index contributed by atoms with van der Waals surface area (Å²) in [5.41, 5.74) is 3.64. The summed E-state index contributed by atoms with van der Waals surface area (Å²) in [6.07, 6.45) is 7.17. The number of fused-ring (bicyclic) bond motifs is 1. The third-order valence-electron chi connectivity index (χ3n) is 4.95. The average molecular weight is 319 g/mol. The van der Waals surface area contributed by atoms with E-state index < -0.39 is 0 Å². The van der Waals surface area contributed by atoms with Crippen LogP contribution in [0, 0.1) is 13.8 Å². The van der Waals surface area contributed by atoms with Crippen molar-refractivity contribution in [3.8, 4) is 5.75 Å². The van der Waals surface area contributed by atoms with Gasteiger partial charge >= 0.3 is 0 Å². The molecule has 1 N–H and O–H groups in total. The first-order chi connectivity index (χ1) is 10.6. The lowest BCUT2D eigenvalue weighted by molar-refractivity contribution is -0.128. The Morgan fingerprint density at radius 3 is 2.82 bits per heavy atom. The highest BCUT2D eigenvalue weighted by Gasteiger charge is 2.32. The average Bonchev–Trinajstić information content (AvgIpc) is 2.91. The van der Waals surface area contributed by atoms with Gasteiger partial charge in [0.1, 0.15) is 5.75 Å². The van der Waals surface area contributed by atoms with Gasteiger partial charge in [0.05, 0.1) is 0 Å². The minimum absolute atomic E-state index is 0.0539. The number of aryl methyl sites for hydroxylation is 2. The molecule has 22 heavy (non-hydrogen) atoms. The number of ether oxygens (including phenoxy) is 1. The van der Waals surface area contributed by atoms with Crippen LogP contribution >= 0.6 is 11.8 Å². The highest BCUT2D eigenvalue weighted by atomic mass is 32.2. The number of rotatable bonds is 3. The molecule has 1 aliphatic heterocycles. The van der Waals surface area contributed by atoms with Gasteiger partial charge in [-0.2, -0.15) is 11.8 Å². The van der Waals surface area contributed by atoms with E-state index in [4.69, 9.17) is 4.74 Å². The summed E-state index contributed by atoms with van der Waals surface area (Å²) < 4.78 is 5.88. The molecular formula is C18H25NO2S. The number of hydrogen-bond donors (Lipinski definition) is 1. The van der Waals surface area contributed by atoms with Crippen LogP contribution < -0.4 is 10.1 Å². The Hall–Kier alpha value is -1.16. The van der Waals surface area contributed by atoms with E-state index in [-0.39, 0.29) is 12.0 Å². The molecule has 0 spiro atoms. The van der Waals surface area contributed by atoms with Gasteiger partial charge < -0.3 is 10.1 Å². The van der Waals surface area contributed by atoms with Crippen molar-refractivity contribution in [2.75, 3.05) is 6.26 Å². The molecule has 3 nitrogen and oxygen atoms in total. The molecule has 120 valence electrons. The smallest absolute Gasteiger partial charge is 0.261 e. The van der Waals surface area contributed by atoms with Crippen LogP contribution in [-0.4, -0.2) is 29.6 Å². The number of carbonyl (C=O) groups excluding carboxylic acids is 1. The maximum atomic E-state index is 12.5. The van der Waals surface area contributed by atoms with Crippen molar-refractivity contribution in [1.82, 2.24) is 5.32 Å². The number of nitrogens with one attached hydrogen (secondary N) is 1. The Morgan fingerprint density at radius 2 is 2.05 bits per heavy atom. The summed E-state index contributed by atoms with van der Waals surface area (Å²) in [4.78, 5) is 12.5. The maximum absolute atomic E-state index is 12.5. The van der Waals surface area contributed by atoms with Crippen LogP contribution in [0.3, 0.4) is 0 Å². The molecule has 0 unspecified atom stereocenters. The Kier molecular flexibility index (Phi) is 4.67. The largest absolute Gasteiger partial charge is 0.480 e. The van der Waals surface area contributed by atoms with E-state index >= 15 is 0 Å². The van der Waals surface area contributed by atoms with Crippen molar-refractivity contribution >= 4 is 17.7 Å². The predicted molar refractivity (Wildman–Crippen MR) is 91.7 cm³/mol. The van der Waals surface area contributed by atoms with E-state index in [1.54, 1.807) is 0 Å². The summed E-state index contributed by atoms with van der Waals surface area (Å²) in [6.45, 7) is 4.19. The number of hydrogen-bond acceptors (Lipinski definition) is 3. The van der Waals surface area contributed by atoms with Gasteiger partial charge in [-0.3, -0.25) is 4.79 Å². The Balaban J connectivity index is 1.60. The summed E-state index contributed by atoms with van der Waals surface area (Å²) >= 11 is 1.92. The number of amides is 1. The summed E-state index contributed by atoms with van der Waals surface area (Å²) in [6, 6.07) is 4.53. The van der Waals surface area contributed by atoms with Crippen LogP contribution in [0.25, 0.3) is 0 Å². The molecule has 0 radical (unpaired) electrons. The molecule has 1 fully saturated rings. The fourth-order valence-corrected chi connectivity index (χ4v) is 4.27. The van der Waals surface area contributed by atoms with Crippen LogP contribution in [-0.2, 0) is 11.2 Å². The minimum atomic E-state index is -0.356. The molecule has 1 aromatic rings. The van der Waals surface area contributed by atoms with Crippen LogP contribution in [0.4, 0.5) is 0 Å². The first-order valence-corrected chi connectivity index (χ1v) is 9.45. The SMILES string of the molecule is CS[C@@H]1CCC[C@@H](NC(=O)[C@H]2Cc3cc(C)c(C)cc3O2)C1. The fraction of sp³-hybridized carbons (Fsp3) is 0.611.